The predicted octanol–water partition coefficient (Wildman–Crippen LogP) is 0.366. The van der Waals surface area contributed by atoms with E-state index in [2.05, 4.69) is 15.6 Å². The van der Waals surface area contributed by atoms with Gasteiger partial charge in [-0.25, -0.2) is 13.4 Å². The van der Waals surface area contributed by atoms with Gasteiger partial charge in [0.25, 0.3) is 0 Å². The monoisotopic (exact) mass is 379 g/mol. The molecule has 1 heterocycles. The summed E-state index contributed by atoms with van der Waals surface area (Å²) in [6.07, 6.45) is 2.35. The summed E-state index contributed by atoms with van der Waals surface area (Å²) in [7, 11) is -2.29. The van der Waals surface area contributed by atoms with Crippen LogP contribution in [0.5, 0.6) is 0 Å². The van der Waals surface area contributed by atoms with Gasteiger partial charge in [-0.15, -0.1) is 0 Å². The Hall–Kier alpha value is -1.98. The fourth-order valence-electron chi connectivity index (χ4n) is 1.50. The number of hydrogen-bond acceptors (Lipinski definition) is 8. The third kappa shape index (κ3) is 6.34. The molecule has 9 nitrogen and oxygen atoms in total. The molecule has 0 aliphatic heterocycles. The predicted molar refractivity (Wildman–Crippen MR) is 89.7 cm³/mol. The molecule has 12 heteroatoms. The van der Waals surface area contributed by atoms with E-state index in [0.717, 1.165) is 6.26 Å². The van der Waals surface area contributed by atoms with Crippen molar-refractivity contribution in [2.45, 2.75) is 6.54 Å². The lowest BCUT2D eigenvalue weighted by Gasteiger charge is -2.12. The molecule has 0 aromatic carbocycles. The van der Waals surface area contributed by atoms with Crippen LogP contribution in [0.3, 0.4) is 0 Å². The van der Waals surface area contributed by atoms with E-state index in [1.807, 2.05) is 4.72 Å². The Labute approximate surface area is 143 Å². The maximum Gasteiger partial charge on any atom is 0.343 e. The zero-order chi connectivity index (χ0) is 17.6. The second kappa shape index (κ2) is 8.04. The summed E-state index contributed by atoms with van der Waals surface area (Å²) >= 11 is 10.5. The summed E-state index contributed by atoms with van der Waals surface area (Å²) < 4.78 is 24.3. The van der Waals surface area contributed by atoms with Crippen LogP contribution in [0, 0.1) is 10.1 Å². The lowest BCUT2D eigenvalue weighted by Crippen LogP contribution is -2.36. The highest BCUT2D eigenvalue weighted by Crippen LogP contribution is 2.07. The molecule has 0 saturated heterocycles. The van der Waals surface area contributed by atoms with Crippen LogP contribution in [-0.2, 0) is 16.6 Å². The Bertz CT molecular complexity index is 733. The molecule has 0 aliphatic rings. The summed E-state index contributed by atoms with van der Waals surface area (Å²) in [5, 5.41) is 16.9. The molecule has 126 valence electrons. The molecule has 0 radical (unpaired) electrons. The minimum Gasteiger partial charge on any atom is -0.369 e. The van der Waals surface area contributed by atoms with Crippen molar-refractivity contribution in [1.29, 1.82) is 0 Å². The first kappa shape index (κ1) is 19.1. The van der Waals surface area contributed by atoms with Crippen molar-refractivity contribution in [2.24, 2.45) is 0 Å². The minimum atomic E-state index is -3.73. The molecule has 1 aromatic rings. The van der Waals surface area contributed by atoms with Crippen LogP contribution < -0.4 is 15.4 Å². The van der Waals surface area contributed by atoms with Crippen molar-refractivity contribution in [3.05, 3.63) is 50.7 Å². The zero-order valence-corrected chi connectivity index (χ0v) is 14.5. The molecule has 3 N–H and O–H groups in total. The van der Waals surface area contributed by atoms with Crippen molar-refractivity contribution in [2.75, 3.05) is 13.3 Å². The van der Waals surface area contributed by atoms with E-state index in [4.69, 9.17) is 23.8 Å². The number of thiocarbonyl (C=S) groups is 1. The van der Waals surface area contributed by atoms with E-state index in [9.17, 15) is 18.5 Å². The maximum atomic E-state index is 11.2. The van der Waals surface area contributed by atoms with E-state index in [-0.39, 0.29) is 12.4 Å². The molecule has 1 rings (SSSR count). The van der Waals surface area contributed by atoms with Crippen LogP contribution in [0.15, 0.2) is 29.8 Å². The lowest BCUT2D eigenvalue weighted by molar-refractivity contribution is -0.416. The van der Waals surface area contributed by atoms with Crippen LogP contribution in [0.1, 0.15) is 5.56 Å². The second-order valence-electron chi connectivity index (χ2n) is 4.28. The Morgan fingerprint density at radius 1 is 1.48 bits per heavy atom. The number of halogens is 1. The van der Waals surface area contributed by atoms with Gasteiger partial charge in [-0.3, -0.25) is 14.8 Å². The second-order valence-corrected chi connectivity index (χ2v) is 6.82. The molecule has 0 amide bonds. The van der Waals surface area contributed by atoms with Gasteiger partial charge in [0.2, 0.25) is 10.0 Å². The van der Waals surface area contributed by atoms with Crippen molar-refractivity contribution >= 4 is 38.8 Å². The molecule has 0 fully saturated rings. The number of nitrogens with zero attached hydrogens (tertiary/aromatic N) is 2. The Morgan fingerprint density at radius 2 is 2.13 bits per heavy atom. The first-order valence-corrected chi connectivity index (χ1v) is 8.74. The molecule has 0 atom stereocenters. The van der Waals surface area contributed by atoms with E-state index >= 15 is 0 Å². The third-order valence-corrected chi connectivity index (χ3v) is 3.64. The van der Waals surface area contributed by atoms with E-state index < -0.39 is 25.6 Å². The Balaban J connectivity index is 3.02. The van der Waals surface area contributed by atoms with Crippen LogP contribution in [-0.4, -0.2) is 36.6 Å². The van der Waals surface area contributed by atoms with Crippen LogP contribution in [0.4, 0.5) is 0 Å². The van der Waals surface area contributed by atoms with E-state index in [1.165, 1.54) is 13.2 Å². The number of sulfonamides is 1. The molecule has 0 saturated carbocycles. The summed E-state index contributed by atoms with van der Waals surface area (Å²) in [6.45, 7) is 0.194. The number of hydrogen-bond donors (Lipinski definition) is 3. The molecule has 0 aliphatic carbocycles. The first-order valence-electron chi connectivity index (χ1n) is 6.07. The van der Waals surface area contributed by atoms with Crippen LogP contribution in [0.2, 0.25) is 5.15 Å². The van der Waals surface area contributed by atoms with Gasteiger partial charge in [0.15, 0.2) is 10.8 Å². The Kier molecular flexibility index (Phi) is 6.66. The molecular formula is C11H14ClN5O4S2. The highest BCUT2D eigenvalue weighted by Gasteiger charge is 2.26. The Morgan fingerprint density at radius 3 is 2.57 bits per heavy atom. The summed E-state index contributed by atoms with van der Waals surface area (Å²) in [5.41, 5.74) is 0.127. The van der Waals surface area contributed by atoms with Crippen molar-refractivity contribution in [1.82, 2.24) is 20.3 Å². The topological polar surface area (TPSA) is 126 Å². The minimum absolute atomic E-state index is 0.0360. The molecular weight excluding hydrogens is 366 g/mol. The van der Waals surface area contributed by atoms with E-state index in [1.54, 1.807) is 12.1 Å². The SMILES string of the molecule is CN/C(NCc1ccc(Cl)nc1)=C(\C(=S)NS(C)(=O)=O)[N+](=O)[O-]. The quantitative estimate of drug-likeness (QED) is 0.204. The molecule has 0 bridgehead atoms. The molecule has 1 aromatic heterocycles. The van der Waals surface area contributed by atoms with Crippen LogP contribution in [0.25, 0.3) is 0 Å². The zero-order valence-electron chi connectivity index (χ0n) is 12.2. The highest BCUT2D eigenvalue weighted by molar-refractivity contribution is 7.91. The van der Waals surface area contributed by atoms with Gasteiger partial charge in [0, 0.05) is 19.8 Å². The first-order chi connectivity index (χ1) is 10.6. The van der Waals surface area contributed by atoms with Crippen LogP contribution >= 0.6 is 23.8 Å². The maximum absolute atomic E-state index is 11.2. The van der Waals surface area contributed by atoms with Crippen molar-refractivity contribution < 1.29 is 13.3 Å². The van der Waals surface area contributed by atoms with Gasteiger partial charge >= 0.3 is 5.70 Å². The average Bonchev–Trinajstić information content (AvgIpc) is 2.42. The standard InChI is InChI=1S/C11H14ClN5O4S2/c1-13-10(15-6-7-3-4-8(12)14-5-7)9(17(18)19)11(22)16-23(2,20)21/h3-5,13,15H,6H2,1-2H3,(H,16,22)/b10-9-. The number of rotatable bonds is 7. The highest BCUT2D eigenvalue weighted by atomic mass is 35.5. The summed E-state index contributed by atoms with van der Waals surface area (Å²) in [6, 6.07) is 3.26. The largest absolute Gasteiger partial charge is 0.369 e. The summed E-state index contributed by atoms with van der Waals surface area (Å²) in [4.78, 5) is 13.8. The molecule has 0 spiro atoms. The number of nitrogens with one attached hydrogen (secondary N) is 3. The fraction of sp³-hybridized carbons (Fsp3) is 0.273. The number of aromatic nitrogens is 1. The van der Waals surface area contributed by atoms with E-state index in [0.29, 0.717) is 10.7 Å². The van der Waals surface area contributed by atoms with Gasteiger partial charge in [0.05, 0.1) is 11.2 Å². The average molecular weight is 380 g/mol. The molecule has 23 heavy (non-hydrogen) atoms. The van der Waals surface area contributed by atoms with Crippen molar-refractivity contribution in [3.8, 4) is 0 Å². The molecule has 0 unspecified atom stereocenters. The van der Waals surface area contributed by atoms with Gasteiger partial charge in [-0.1, -0.05) is 29.9 Å². The smallest absolute Gasteiger partial charge is 0.343 e. The number of nitro groups is 1. The third-order valence-electron chi connectivity index (χ3n) is 2.42. The van der Waals surface area contributed by atoms with Gasteiger partial charge < -0.3 is 10.6 Å². The van der Waals surface area contributed by atoms with Gasteiger partial charge in [0.1, 0.15) is 5.15 Å². The fourth-order valence-corrected chi connectivity index (χ4v) is 2.67. The van der Waals surface area contributed by atoms with Gasteiger partial charge in [-0.05, 0) is 11.6 Å². The van der Waals surface area contributed by atoms with Crippen molar-refractivity contribution in [3.63, 3.8) is 0 Å². The summed E-state index contributed by atoms with van der Waals surface area (Å²) in [5.74, 6) is -0.0360. The normalized spacial score (nSPS) is 12.1. The lowest BCUT2D eigenvalue weighted by atomic mass is 10.3. The van der Waals surface area contributed by atoms with Gasteiger partial charge in [-0.2, -0.15) is 0 Å². The number of pyridine rings is 1.